The van der Waals surface area contributed by atoms with Gasteiger partial charge in [0.2, 0.25) is 10.0 Å². The second kappa shape index (κ2) is 10.1. The van der Waals surface area contributed by atoms with Gasteiger partial charge in [-0.25, -0.2) is 8.42 Å². The van der Waals surface area contributed by atoms with Crippen molar-refractivity contribution in [2.75, 3.05) is 38.1 Å². The van der Waals surface area contributed by atoms with Crippen LogP contribution in [0.15, 0.2) is 53.4 Å². The number of anilines is 1. The summed E-state index contributed by atoms with van der Waals surface area (Å²) in [4.78, 5) is 15.0. The quantitative estimate of drug-likeness (QED) is 0.653. The average molecular weight is 430 g/mol. The Labute approximate surface area is 179 Å². The van der Waals surface area contributed by atoms with E-state index in [2.05, 4.69) is 22.3 Å². The molecule has 1 amide bonds. The Kier molecular flexibility index (Phi) is 7.50. The number of nitrogens with zero attached hydrogens (tertiary/aromatic N) is 2. The van der Waals surface area contributed by atoms with Gasteiger partial charge in [0.1, 0.15) is 0 Å². The number of aryl methyl sites for hydroxylation is 1. The third kappa shape index (κ3) is 5.40. The predicted molar refractivity (Wildman–Crippen MR) is 120 cm³/mol. The molecule has 2 aromatic carbocycles. The Morgan fingerprint density at radius 3 is 2.47 bits per heavy atom. The Bertz CT molecular complexity index is 955. The number of para-hydroxylation sites is 1. The van der Waals surface area contributed by atoms with Crippen molar-refractivity contribution in [2.24, 2.45) is 0 Å². The summed E-state index contributed by atoms with van der Waals surface area (Å²) in [7, 11) is -1.53. The molecule has 0 bridgehead atoms. The molecule has 1 N–H and O–H groups in total. The van der Waals surface area contributed by atoms with E-state index in [0.29, 0.717) is 25.2 Å². The van der Waals surface area contributed by atoms with E-state index >= 15 is 0 Å². The number of benzene rings is 2. The molecule has 0 aliphatic carbocycles. The van der Waals surface area contributed by atoms with Gasteiger partial charge in [0.15, 0.2) is 0 Å². The number of rotatable bonds is 8. The van der Waals surface area contributed by atoms with Gasteiger partial charge in [-0.05, 0) is 56.0 Å². The average Bonchev–Trinajstić information content (AvgIpc) is 2.77. The largest absolute Gasteiger partial charge is 0.375 e. The molecule has 1 aliphatic rings. The second-order valence-corrected chi connectivity index (χ2v) is 9.75. The van der Waals surface area contributed by atoms with E-state index in [9.17, 15) is 13.2 Å². The first-order valence-corrected chi connectivity index (χ1v) is 12.0. The number of piperidine rings is 1. The minimum Gasteiger partial charge on any atom is -0.375 e. The lowest BCUT2D eigenvalue weighted by Gasteiger charge is -2.26. The van der Waals surface area contributed by atoms with E-state index in [0.717, 1.165) is 43.5 Å². The summed E-state index contributed by atoms with van der Waals surface area (Å²) in [5, 5.41) is 2.93. The fraction of sp³-hybridized carbons (Fsp3) is 0.435. The molecule has 1 aliphatic heterocycles. The second-order valence-electron chi connectivity index (χ2n) is 7.81. The zero-order chi connectivity index (χ0) is 21.6. The van der Waals surface area contributed by atoms with E-state index in [1.807, 2.05) is 32.2 Å². The summed E-state index contributed by atoms with van der Waals surface area (Å²) in [5.74, 6) is -0.231. The van der Waals surface area contributed by atoms with Crippen LogP contribution in [-0.2, 0) is 10.0 Å². The molecular formula is C23H31N3O3S. The summed E-state index contributed by atoms with van der Waals surface area (Å²) in [5.41, 5.74) is 2.33. The number of hydrogen-bond donors (Lipinski definition) is 1. The van der Waals surface area contributed by atoms with Crippen LogP contribution in [0.25, 0.3) is 0 Å². The van der Waals surface area contributed by atoms with Crippen molar-refractivity contribution in [2.45, 2.75) is 37.5 Å². The molecule has 0 unspecified atom stereocenters. The fourth-order valence-corrected chi connectivity index (χ4v) is 5.23. The normalized spacial score (nSPS) is 15.0. The molecule has 30 heavy (non-hydrogen) atoms. The third-order valence-corrected chi connectivity index (χ3v) is 7.45. The van der Waals surface area contributed by atoms with Crippen LogP contribution in [0.2, 0.25) is 0 Å². The van der Waals surface area contributed by atoms with E-state index in [-0.39, 0.29) is 10.8 Å². The highest BCUT2D eigenvalue weighted by molar-refractivity contribution is 7.89. The molecule has 2 aromatic rings. The molecule has 0 spiro atoms. The molecule has 0 aromatic heterocycles. The third-order valence-electron chi connectivity index (χ3n) is 5.56. The van der Waals surface area contributed by atoms with Crippen molar-refractivity contribution in [3.63, 3.8) is 0 Å². The lowest BCUT2D eigenvalue weighted by atomic mass is 10.1. The zero-order valence-corrected chi connectivity index (χ0v) is 18.6. The van der Waals surface area contributed by atoms with Gasteiger partial charge in [0.25, 0.3) is 5.91 Å². The van der Waals surface area contributed by atoms with Gasteiger partial charge in [0.05, 0.1) is 4.90 Å². The molecule has 162 valence electrons. The number of amides is 1. The van der Waals surface area contributed by atoms with Crippen LogP contribution in [0.4, 0.5) is 5.69 Å². The highest BCUT2D eigenvalue weighted by Crippen LogP contribution is 2.23. The molecular weight excluding hydrogens is 398 g/mol. The molecule has 0 atom stereocenters. The van der Waals surface area contributed by atoms with Gasteiger partial charge < -0.3 is 10.2 Å². The smallest absolute Gasteiger partial charge is 0.251 e. The number of hydrogen-bond acceptors (Lipinski definition) is 4. The number of carbonyl (C=O) groups is 1. The van der Waals surface area contributed by atoms with Gasteiger partial charge in [0, 0.05) is 44.5 Å². The summed E-state index contributed by atoms with van der Waals surface area (Å²) < 4.78 is 27.4. The van der Waals surface area contributed by atoms with Crippen LogP contribution in [0, 0.1) is 6.92 Å². The molecule has 0 radical (unpaired) electrons. The first-order valence-electron chi connectivity index (χ1n) is 10.5. The van der Waals surface area contributed by atoms with Gasteiger partial charge >= 0.3 is 0 Å². The monoisotopic (exact) mass is 429 g/mol. The minimum atomic E-state index is -3.56. The summed E-state index contributed by atoms with van der Waals surface area (Å²) in [6.45, 7) is 4.26. The Hall–Kier alpha value is -2.38. The van der Waals surface area contributed by atoms with Crippen molar-refractivity contribution in [3.8, 4) is 0 Å². The van der Waals surface area contributed by atoms with E-state index in [4.69, 9.17) is 0 Å². The molecule has 6 nitrogen and oxygen atoms in total. The number of carbonyl (C=O) groups excluding carboxylic acids is 1. The molecule has 1 heterocycles. The van der Waals surface area contributed by atoms with Gasteiger partial charge in [-0.2, -0.15) is 4.31 Å². The Morgan fingerprint density at radius 1 is 1.07 bits per heavy atom. The lowest BCUT2D eigenvalue weighted by molar-refractivity contribution is 0.0952. The van der Waals surface area contributed by atoms with Gasteiger partial charge in [-0.3, -0.25) is 4.79 Å². The van der Waals surface area contributed by atoms with Crippen molar-refractivity contribution < 1.29 is 13.2 Å². The molecule has 0 saturated carbocycles. The van der Waals surface area contributed by atoms with Crippen LogP contribution >= 0.6 is 0 Å². The summed E-state index contributed by atoms with van der Waals surface area (Å²) in [6, 6.07) is 14.9. The predicted octanol–water partition coefficient (Wildman–Crippen LogP) is 3.43. The molecule has 3 rings (SSSR count). The van der Waals surface area contributed by atoms with E-state index in [1.165, 1.54) is 10.4 Å². The van der Waals surface area contributed by atoms with Gasteiger partial charge in [-0.15, -0.1) is 0 Å². The lowest BCUT2D eigenvalue weighted by Crippen LogP contribution is -2.35. The van der Waals surface area contributed by atoms with Crippen LogP contribution in [0.3, 0.4) is 0 Å². The Morgan fingerprint density at radius 2 is 1.77 bits per heavy atom. The van der Waals surface area contributed by atoms with Crippen LogP contribution < -0.4 is 10.2 Å². The van der Waals surface area contributed by atoms with E-state index in [1.54, 1.807) is 12.1 Å². The van der Waals surface area contributed by atoms with Crippen LogP contribution in [0.1, 0.15) is 41.6 Å². The maximum atomic E-state index is 12.9. The number of sulfonamides is 1. The molecule has 1 fully saturated rings. The van der Waals surface area contributed by atoms with Crippen LogP contribution in [-0.4, -0.2) is 51.9 Å². The van der Waals surface area contributed by atoms with Crippen LogP contribution in [0.5, 0.6) is 0 Å². The molecule has 1 saturated heterocycles. The Balaban J connectivity index is 1.59. The topological polar surface area (TPSA) is 69.7 Å². The van der Waals surface area contributed by atoms with Crippen molar-refractivity contribution in [3.05, 3.63) is 59.7 Å². The summed E-state index contributed by atoms with van der Waals surface area (Å²) >= 11 is 0. The van der Waals surface area contributed by atoms with Crippen molar-refractivity contribution in [1.82, 2.24) is 9.62 Å². The maximum Gasteiger partial charge on any atom is 0.251 e. The molecule has 7 heteroatoms. The zero-order valence-electron chi connectivity index (χ0n) is 17.8. The fourth-order valence-electron chi connectivity index (χ4n) is 3.69. The number of nitrogens with one attached hydrogen (secondary N) is 1. The first kappa shape index (κ1) is 22.3. The SMILES string of the molecule is Cc1ccc(S(=O)(=O)N2CCCCC2)cc1C(=O)NCCCN(C)c1ccccc1. The van der Waals surface area contributed by atoms with E-state index < -0.39 is 10.0 Å². The minimum absolute atomic E-state index is 0.198. The highest BCUT2D eigenvalue weighted by Gasteiger charge is 2.27. The van der Waals surface area contributed by atoms with Gasteiger partial charge in [-0.1, -0.05) is 30.7 Å². The standard InChI is InChI=1S/C23H31N3O3S/c1-19-12-13-21(30(28,29)26-16-7-4-8-17-26)18-22(19)23(27)24-14-9-15-25(2)20-10-5-3-6-11-20/h3,5-6,10-13,18H,4,7-9,14-17H2,1-2H3,(H,24,27). The van der Waals surface area contributed by atoms with Crippen molar-refractivity contribution >= 4 is 21.6 Å². The first-order chi connectivity index (χ1) is 14.4. The van der Waals surface area contributed by atoms with Crippen molar-refractivity contribution in [1.29, 1.82) is 0 Å². The maximum absolute atomic E-state index is 12.9. The highest BCUT2D eigenvalue weighted by atomic mass is 32.2. The summed E-state index contributed by atoms with van der Waals surface area (Å²) in [6.07, 6.45) is 3.63.